The Morgan fingerprint density at radius 2 is 1.09 bits per heavy atom. The lowest BCUT2D eigenvalue weighted by molar-refractivity contribution is 0.507. The van der Waals surface area contributed by atoms with E-state index in [1.807, 2.05) is 48.5 Å². The summed E-state index contributed by atoms with van der Waals surface area (Å²) in [5.41, 5.74) is 10.2. The zero-order chi connectivity index (χ0) is 22.3. The third-order valence-electron chi connectivity index (χ3n) is 6.37. The normalized spacial score (nSPS) is 12.9. The molecule has 0 bridgehead atoms. The van der Waals surface area contributed by atoms with Crippen LogP contribution in [-0.4, -0.2) is 0 Å². The largest absolute Gasteiger partial charge is 0.388 e. The van der Waals surface area contributed by atoms with Crippen LogP contribution >= 0.6 is 0 Å². The lowest BCUT2D eigenvalue weighted by Crippen LogP contribution is -2.15. The van der Waals surface area contributed by atoms with E-state index in [2.05, 4.69) is 56.3 Å². The molecule has 0 unspecified atom stereocenters. The first-order valence-corrected chi connectivity index (χ1v) is 10.5. The summed E-state index contributed by atoms with van der Waals surface area (Å²) in [7, 11) is 0. The van der Waals surface area contributed by atoms with Gasteiger partial charge in [-0.15, -0.1) is 5.26 Å². The van der Waals surface area contributed by atoms with Crippen molar-refractivity contribution in [3.63, 3.8) is 0 Å². The van der Waals surface area contributed by atoms with E-state index in [0.717, 1.165) is 22.3 Å². The number of benzene rings is 4. The van der Waals surface area contributed by atoms with Gasteiger partial charge in [0, 0.05) is 5.41 Å². The van der Waals surface area contributed by atoms with E-state index in [1.165, 1.54) is 22.3 Å². The van der Waals surface area contributed by atoms with Crippen LogP contribution in [0.4, 0.5) is 0 Å². The number of nitrogens with zero attached hydrogens (tertiary/aromatic N) is 2. The summed E-state index contributed by atoms with van der Waals surface area (Å²) >= 11 is 0. The van der Waals surface area contributed by atoms with Gasteiger partial charge < -0.3 is 4.74 Å². The Hall–Kier alpha value is -4.34. The van der Waals surface area contributed by atoms with Gasteiger partial charge in [-0.05, 0) is 80.9 Å². The van der Waals surface area contributed by atoms with E-state index in [-0.39, 0.29) is 5.41 Å². The minimum atomic E-state index is -0.132. The zero-order valence-corrected chi connectivity index (χ0v) is 17.9. The Morgan fingerprint density at radius 3 is 1.56 bits per heavy atom. The topological polar surface area (TPSA) is 56.8 Å². The Morgan fingerprint density at radius 1 is 0.625 bits per heavy atom. The van der Waals surface area contributed by atoms with Gasteiger partial charge in [0.15, 0.2) is 0 Å². The molecule has 0 amide bonds. The summed E-state index contributed by atoms with van der Waals surface area (Å²) in [6.07, 6.45) is 1.71. The molecule has 0 aliphatic heterocycles. The Bertz CT molecular complexity index is 1420. The number of fused-ring (bicyclic) bond motifs is 3. The van der Waals surface area contributed by atoms with Gasteiger partial charge in [0.1, 0.15) is 5.75 Å². The minimum Gasteiger partial charge on any atom is -0.388 e. The standard InChI is InChI=1S/C29H20N2O/c1-29(2)27-15-22(20-5-3-19(17-30)4-6-20)9-13-25(27)26-14-10-23(16-28(26)29)21-7-11-24(12-8-21)32-18-31/h3-16H,1-2H3. The number of nitriles is 2. The highest BCUT2D eigenvalue weighted by molar-refractivity contribution is 5.85. The Balaban J connectivity index is 1.54. The highest BCUT2D eigenvalue weighted by Gasteiger charge is 2.35. The van der Waals surface area contributed by atoms with Crippen molar-refractivity contribution in [1.82, 2.24) is 0 Å². The van der Waals surface area contributed by atoms with Gasteiger partial charge in [-0.1, -0.05) is 62.4 Å². The first kappa shape index (κ1) is 19.6. The molecule has 3 nitrogen and oxygen atoms in total. The molecule has 0 saturated carbocycles. The molecule has 1 aliphatic rings. The van der Waals surface area contributed by atoms with Crippen LogP contribution in [0.1, 0.15) is 30.5 Å². The van der Waals surface area contributed by atoms with Gasteiger partial charge in [0.05, 0.1) is 11.6 Å². The fourth-order valence-corrected chi connectivity index (χ4v) is 4.60. The molecule has 0 fully saturated rings. The van der Waals surface area contributed by atoms with Gasteiger partial charge in [-0.3, -0.25) is 0 Å². The molecule has 1 aliphatic carbocycles. The SMILES string of the molecule is CC1(C)c2cc(-c3ccc(C#N)cc3)ccc2-c2ccc(-c3ccc(OC#N)cc3)cc21. The molecular formula is C29H20N2O. The molecule has 0 heterocycles. The first-order chi connectivity index (χ1) is 15.5. The van der Waals surface area contributed by atoms with Crippen molar-refractivity contribution in [3.05, 3.63) is 102 Å². The molecule has 32 heavy (non-hydrogen) atoms. The van der Waals surface area contributed by atoms with Crippen molar-refractivity contribution in [1.29, 1.82) is 10.5 Å². The van der Waals surface area contributed by atoms with E-state index in [9.17, 15) is 0 Å². The molecule has 0 N–H and O–H groups in total. The van der Waals surface area contributed by atoms with Crippen molar-refractivity contribution in [2.24, 2.45) is 0 Å². The smallest absolute Gasteiger partial charge is 0.292 e. The van der Waals surface area contributed by atoms with Crippen LogP contribution in [0, 0.1) is 22.8 Å². The molecule has 0 radical (unpaired) electrons. The van der Waals surface area contributed by atoms with Crippen LogP contribution in [-0.2, 0) is 5.41 Å². The predicted octanol–water partition coefficient (Wildman–Crippen LogP) is 7.06. The summed E-state index contributed by atoms with van der Waals surface area (Å²) in [5, 5.41) is 17.8. The molecule has 3 heteroatoms. The highest BCUT2D eigenvalue weighted by Crippen LogP contribution is 2.50. The van der Waals surface area contributed by atoms with E-state index < -0.39 is 0 Å². The maximum Gasteiger partial charge on any atom is 0.292 e. The van der Waals surface area contributed by atoms with Gasteiger partial charge >= 0.3 is 0 Å². The minimum absolute atomic E-state index is 0.132. The summed E-state index contributed by atoms with van der Waals surface area (Å²) < 4.78 is 4.90. The van der Waals surface area contributed by atoms with E-state index >= 15 is 0 Å². The molecule has 152 valence electrons. The fourth-order valence-electron chi connectivity index (χ4n) is 4.60. The molecule has 4 aromatic rings. The van der Waals surface area contributed by atoms with Crippen LogP contribution in [0.25, 0.3) is 33.4 Å². The maximum absolute atomic E-state index is 9.07. The van der Waals surface area contributed by atoms with E-state index in [4.69, 9.17) is 15.3 Å². The van der Waals surface area contributed by atoms with Gasteiger partial charge in [0.2, 0.25) is 0 Å². The Labute approximate surface area is 187 Å². The van der Waals surface area contributed by atoms with Crippen LogP contribution in [0.2, 0.25) is 0 Å². The highest BCUT2D eigenvalue weighted by atomic mass is 16.5. The lowest BCUT2D eigenvalue weighted by atomic mass is 9.81. The van der Waals surface area contributed by atoms with Crippen LogP contribution < -0.4 is 4.74 Å². The van der Waals surface area contributed by atoms with Crippen molar-refractivity contribution >= 4 is 0 Å². The van der Waals surface area contributed by atoms with Gasteiger partial charge in [0.25, 0.3) is 6.26 Å². The number of ether oxygens (including phenoxy) is 1. The van der Waals surface area contributed by atoms with Crippen LogP contribution in [0.15, 0.2) is 84.9 Å². The van der Waals surface area contributed by atoms with E-state index in [0.29, 0.717) is 11.3 Å². The number of rotatable bonds is 3. The quantitative estimate of drug-likeness (QED) is 0.339. The van der Waals surface area contributed by atoms with Crippen LogP contribution in [0.3, 0.4) is 0 Å². The van der Waals surface area contributed by atoms with Gasteiger partial charge in [-0.25, -0.2) is 0 Å². The molecular weight excluding hydrogens is 392 g/mol. The van der Waals surface area contributed by atoms with Crippen molar-refractivity contribution in [3.8, 4) is 51.5 Å². The van der Waals surface area contributed by atoms with Crippen LogP contribution in [0.5, 0.6) is 5.75 Å². The van der Waals surface area contributed by atoms with Crippen molar-refractivity contribution in [2.75, 3.05) is 0 Å². The second kappa shape index (κ2) is 7.41. The second-order valence-corrected chi connectivity index (χ2v) is 8.55. The molecule has 4 aromatic carbocycles. The summed E-state index contributed by atoms with van der Waals surface area (Å²) in [4.78, 5) is 0. The summed E-state index contributed by atoms with van der Waals surface area (Å²) in [5.74, 6) is 0.542. The summed E-state index contributed by atoms with van der Waals surface area (Å²) in [6.45, 7) is 4.54. The molecule has 0 aromatic heterocycles. The third kappa shape index (κ3) is 3.13. The van der Waals surface area contributed by atoms with Crippen molar-refractivity contribution in [2.45, 2.75) is 19.3 Å². The number of hydrogen-bond donors (Lipinski definition) is 0. The summed E-state index contributed by atoms with van der Waals surface area (Å²) in [6, 6.07) is 30.8. The molecule has 5 rings (SSSR count). The molecule has 0 spiro atoms. The third-order valence-corrected chi connectivity index (χ3v) is 6.37. The Kier molecular flexibility index (Phi) is 4.54. The fraction of sp³-hybridized carbons (Fsp3) is 0.103. The zero-order valence-electron chi connectivity index (χ0n) is 17.9. The number of hydrogen-bond acceptors (Lipinski definition) is 3. The second-order valence-electron chi connectivity index (χ2n) is 8.55. The average molecular weight is 412 g/mol. The predicted molar refractivity (Wildman–Crippen MR) is 126 cm³/mol. The monoisotopic (exact) mass is 412 g/mol. The van der Waals surface area contributed by atoms with Gasteiger partial charge in [-0.2, -0.15) is 5.26 Å². The van der Waals surface area contributed by atoms with E-state index in [1.54, 1.807) is 6.26 Å². The average Bonchev–Trinajstić information content (AvgIpc) is 3.06. The maximum atomic E-state index is 9.07. The molecule has 0 saturated heterocycles. The molecule has 0 atom stereocenters. The first-order valence-electron chi connectivity index (χ1n) is 10.5. The lowest BCUT2D eigenvalue weighted by Gasteiger charge is -2.22. The van der Waals surface area contributed by atoms with Crippen molar-refractivity contribution < 1.29 is 4.74 Å².